The van der Waals surface area contributed by atoms with Crippen LogP contribution in [0, 0.1) is 23.2 Å². The minimum atomic E-state index is 0.359. The van der Waals surface area contributed by atoms with Crippen LogP contribution in [0.4, 0.5) is 0 Å². The Hall–Kier alpha value is -0.300. The van der Waals surface area contributed by atoms with Crippen molar-refractivity contribution >= 4 is 0 Å². The number of hydrogen-bond donors (Lipinski definition) is 1. The summed E-state index contributed by atoms with van der Waals surface area (Å²) in [6.45, 7) is 20.5. The quantitative estimate of drug-likeness (QED) is 0.673. The van der Waals surface area contributed by atoms with Crippen LogP contribution < -0.4 is 5.32 Å². The highest BCUT2D eigenvalue weighted by molar-refractivity contribution is 5.10. The van der Waals surface area contributed by atoms with Gasteiger partial charge >= 0.3 is 0 Å². The number of rotatable bonds is 6. The lowest BCUT2D eigenvalue weighted by Gasteiger charge is -2.26. The average Bonchev–Trinajstić information content (AvgIpc) is 2.13. The summed E-state index contributed by atoms with van der Waals surface area (Å²) in [6.07, 6.45) is 2.47. The predicted octanol–water partition coefficient (Wildman–Crippen LogP) is 4.50. The molecule has 0 aromatic heterocycles. The maximum absolute atomic E-state index is 3.55. The lowest BCUT2D eigenvalue weighted by Crippen LogP contribution is -2.25. The maximum atomic E-state index is 3.55. The van der Waals surface area contributed by atoms with Crippen molar-refractivity contribution in [3.05, 3.63) is 11.6 Å². The van der Waals surface area contributed by atoms with E-state index in [4.69, 9.17) is 0 Å². The fourth-order valence-electron chi connectivity index (χ4n) is 1.53. The molecule has 0 spiro atoms. The summed E-state index contributed by atoms with van der Waals surface area (Å²) in [5, 5.41) is 3.55. The molecular weight excluding hydrogens is 206 g/mol. The van der Waals surface area contributed by atoms with E-state index >= 15 is 0 Å². The van der Waals surface area contributed by atoms with E-state index in [0.29, 0.717) is 17.3 Å². The molecule has 0 rings (SSSR count). The Kier molecular flexibility index (Phi) is 7.08. The van der Waals surface area contributed by atoms with Crippen molar-refractivity contribution in [3.8, 4) is 0 Å². The zero-order valence-corrected chi connectivity index (χ0v) is 13.2. The molecule has 17 heavy (non-hydrogen) atoms. The van der Waals surface area contributed by atoms with Crippen LogP contribution in [-0.4, -0.2) is 13.1 Å². The van der Waals surface area contributed by atoms with Crippen LogP contribution in [0.1, 0.15) is 55.4 Å². The van der Waals surface area contributed by atoms with Crippen LogP contribution in [0.2, 0.25) is 0 Å². The van der Waals surface area contributed by atoms with Crippen LogP contribution in [0.5, 0.6) is 0 Å². The molecule has 102 valence electrons. The van der Waals surface area contributed by atoms with Gasteiger partial charge in [-0.15, -0.1) is 0 Å². The first kappa shape index (κ1) is 16.7. The topological polar surface area (TPSA) is 12.0 Å². The van der Waals surface area contributed by atoms with Gasteiger partial charge in [-0.05, 0) is 29.7 Å². The highest BCUT2D eigenvalue weighted by Crippen LogP contribution is 2.28. The van der Waals surface area contributed by atoms with Gasteiger partial charge < -0.3 is 5.32 Å². The van der Waals surface area contributed by atoms with Gasteiger partial charge in [0.2, 0.25) is 0 Å². The molecule has 1 unspecified atom stereocenters. The van der Waals surface area contributed by atoms with Crippen molar-refractivity contribution in [2.45, 2.75) is 55.4 Å². The Morgan fingerprint density at radius 2 is 1.59 bits per heavy atom. The zero-order valence-electron chi connectivity index (χ0n) is 13.2. The van der Waals surface area contributed by atoms with Crippen molar-refractivity contribution in [1.82, 2.24) is 5.32 Å². The lowest BCUT2D eigenvalue weighted by molar-refractivity contribution is 0.311. The van der Waals surface area contributed by atoms with E-state index in [2.05, 4.69) is 66.8 Å². The highest BCUT2D eigenvalue weighted by Gasteiger charge is 2.19. The Bertz CT molecular complexity index is 230. The monoisotopic (exact) mass is 239 g/mol. The molecule has 0 bridgehead atoms. The molecule has 0 aromatic rings. The normalized spacial score (nSPS) is 15.8. The smallest absolute Gasteiger partial charge is 0.0167 e. The minimum Gasteiger partial charge on any atom is -0.313 e. The van der Waals surface area contributed by atoms with Gasteiger partial charge in [-0.1, -0.05) is 67.0 Å². The molecule has 0 aliphatic heterocycles. The molecule has 1 nitrogen and oxygen atoms in total. The molecule has 0 aromatic carbocycles. The third-order valence-corrected chi connectivity index (χ3v) is 3.45. The van der Waals surface area contributed by atoms with Gasteiger partial charge in [-0.25, -0.2) is 0 Å². The van der Waals surface area contributed by atoms with Gasteiger partial charge in [0.25, 0.3) is 0 Å². The molecule has 0 fully saturated rings. The molecule has 0 aliphatic rings. The van der Waals surface area contributed by atoms with Crippen molar-refractivity contribution in [2.24, 2.45) is 23.2 Å². The summed E-state index contributed by atoms with van der Waals surface area (Å²) < 4.78 is 0. The van der Waals surface area contributed by atoms with Gasteiger partial charge in [-0.3, -0.25) is 0 Å². The predicted molar refractivity (Wildman–Crippen MR) is 79.2 cm³/mol. The largest absolute Gasteiger partial charge is 0.313 e. The highest BCUT2D eigenvalue weighted by atomic mass is 14.9. The van der Waals surface area contributed by atoms with Gasteiger partial charge in [0.1, 0.15) is 0 Å². The van der Waals surface area contributed by atoms with Crippen LogP contribution >= 0.6 is 0 Å². The fourth-order valence-corrected chi connectivity index (χ4v) is 1.53. The number of hydrogen-bond acceptors (Lipinski definition) is 1. The molecule has 0 aliphatic carbocycles. The first-order valence-electron chi connectivity index (χ1n) is 7.06. The molecule has 1 atom stereocenters. The van der Waals surface area contributed by atoms with Gasteiger partial charge in [0.15, 0.2) is 0 Å². The summed E-state index contributed by atoms with van der Waals surface area (Å²) in [6, 6.07) is 0. The number of nitrogens with one attached hydrogen (secondary N) is 1. The Labute approximate surface area is 109 Å². The van der Waals surface area contributed by atoms with Crippen LogP contribution in [0.3, 0.4) is 0 Å². The minimum absolute atomic E-state index is 0.359. The van der Waals surface area contributed by atoms with E-state index in [1.54, 1.807) is 5.57 Å². The van der Waals surface area contributed by atoms with Gasteiger partial charge in [-0.2, -0.15) is 0 Å². The van der Waals surface area contributed by atoms with Crippen molar-refractivity contribution in [2.75, 3.05) is 13.1 Å². The summed E-state index contributed by atoms with van der Waals surface area (Å²) in [5.41, 5.74) is 1.91. The molecule has 0 radical (unpaired) electrons. The van der Waals surface area contributed by atoms with Crippen molar-refractivity contribution < 1.29 is 0 Å². The van der Waals surface area contributed by atoms with Gasteiger partial charge in [0.05, 0.1) is 0 Å². The van der Waals surface area contributed by atoms with E-state index in [9.17, 15) is 0 Å². The first-order chi connectivity index (χ1) is 7.64. The van der Waals surface area contributed by atoms with E-state index in [0.717, 1.165) is 19.0 Å². The first-order valence-corrected chi connectivity index (χ1v) is 7.06. The Morgan fingerprint density at radius 1 is 1.06 bits per heavy atom. The van der Waals surface area contributed by atoms with E-state index in [1.165, 1.54) is 0 Å². The second kappa shape index (κ2) is 7.20. The molecule has 0 saturated heterocycles. The maximum Gasteiger partial charge on any atom is 0.0167 e. The van der Waals surface area contributed by atoms with E-state index in [-0.39, 0.29) is 0 Å². The molecule has 1 heteroatoms. The Morgan fingerprint density at radius 3 is 1.94 bits per heavy atom. The average molecular weight is 239 g/mol. The summed E-state index contributed by atoms with van der Waals surface area (Å²) in [5.74, 6) is 1.99. The van der Waals surface area contributed by atoms with Crippen LogP contribution in [0.25, 0.3) is 0 Å². The third-order valence-electron chi connectivity index (χ3n) is 3.45. The summed E-state index contributed by atoms with van der Waals surface area (Å²) in [4.78, 5) is 0. The molecule has 0 amide bonds. The third kappa shape index (κ3) is 7.59. The second-order valence-electron chi connectivity index (χ2n) is 7.08. The van der Waals surface area contributed by atoms with Crippen molar-refractivity contribution in [1.29, 1.82) is 0 Å². The molecule has 0 saturated carbocycles. The SMILES string of the molecule is CC(C)CNCC(=CC(C)C(C)(C)C)C(C)C. The molecule has 1 N–H and O–H groups in total. The standard InChI is InChI=1S/C16H33N/c1-12(2)10-17-11-15(13(3)4)9-14(5)16(6,7)8/h9,12-14,17H,10-11H2,1-8H3. The van der Waals surface area contributed by atoms with E-state index in [1.807, 2.05) is 0 Å². The van der Waals surface area contributed by atoms with E-state index < -0.39 is 0 Å². The Balaban J connectivity index is 4.47. The van der Waals surface area contributed by atoms with Crippen molar-refractivity contribution in [3.63, 3.8) is 0 Å². The fraction of sp³-hybridized carbons (Fsp3) is 0.875. The lowest BCUT2D eigenvalue weighted by atomic mass is 9.80. The number of allylic oxidation sites excluding steroid dienone is 1. The van der Waals surface area contributed by atoms with Gasteiger partial charge in [0, 0.05) is 6.54 Å². The zero-order chi connectivity index (χ0) is 13.6. The summed E-state index contributed by atoms with van der Waals surface area (Å²) in [7, 11) is 0. The van der Waals surface area contributed by atoms with Crippen LogP contribution in [0.15, 0.2) is 11.6 Å². The molecule has 0 heterocycles. The van der Waals surface area contributed by atoms with Crippen LogP contribution in [-0.2, 0) is 0 Å². The summed E-state index contributed by atoms with van der Waals surface area (Å²) >= 11 is 0. The second-order valence-corrected chi connectivity index (χ2v) is 7.08. The molecular formula is C16H33N.